The molecular formula is C15H23ClN2O3. The summed E-state index contributed by atoms with van der Waals surface area (Å²) < 4.78 is 10.5. The highest BCUT2D eigenvalue weighted by Gasteiger charge is 2.23. The van der Waals surface area contributed by atoms with E-state index in [2.05, 4.69) is 33.0 Å². The monoisotopic (exact) mass is 314 g/mol. The number of nitrogens with one attached hydrogen (secondary N) is 1. The average Bonchev–Trinajstić information content (AvgIpc) is 2.75. The van der Waals surface area contributed by atoms with Gasteiger partial charge in [-0.25, -0.2) is 0 Å². The van der Waals surface area contributed by atoms with E-state index in [9.17, 15) is 4.79 Å². The van der Waals surface area contributed by atoms with E-state index in [-0.39, 0.29) is 36.4 Å². The van der Waals surface area contributed by atoms with E-state index in [4.69, 9.17) is 15.2 Å². The van der Waals surface area contributed by atoms with Crippen LogP contribution in [0.25, 0.3) is 0 Å². The molecule has 5 nitrogen and oxygen atoms in total. The van der Waals surface area contributed by atoms with Gasteiger partial charge in [0.05, 0.1) is 11.4 Å². The lowest BCUT2D eigenvalue weighted by Gasteiger charge is -2.26. The van der Waals surface area contributed by atoms with Crippen LogP contribution in [0.4, 0.5) is 11.4 Å². The predicted octanol–water partition coefficient (Wildman–Crippen LogP) is 3.43. The van der Waals surface area contributed by atoms with E-state index in [1.807, 2.05) is 0 Å². The zero-order valence-electron chi connectivity index (χ0n) is 12.9. The van der Waals surface area contributed by atoms with Crippen LogP contribution in [0.3, 0.4) is 0 Å². The first-order valence-electron chi connectivity index (χ1n) is 6.76. The summed E-state index contributed by atoms with van der Waals surface area (Å²) in [5, 5.41) is 2.84. The molecule has 1 amide bonds. The molecule has 3 N–H and O–H groups in total. The molecule has 21 heavy (non-hydrogen) atoms. The highest BCUT2D eigenvalue weighted by Crippen LogP contribution is 2.38. The number of rotatable bonds is 3. The lowest BCUT2D eigenvalue weighted by Crippen LogP contribution is -2.24. The number of halogens is 1. The van der Waals surface area contributed by atoms with Crippen LogP contribution in [0.1, 0.15) is 34.1 Å². The number of hydrogen-bond donors (Lipinski definition) is 2. The minimum Gasteiger partial charge on any atom is -0.454 e. The molecule has 1 aromatic carbocycles. The van der Waals surface area contributed by atoms with Gasteiger partial charge in [-0.3, -0.25) is 4.79 Å². The van der Waals surface area contributed by atoms with Gasteiger partial charge in [-0.1, -0.05) is 27.7 Å². The standard InChI is InChI=1S/C15H22N2O3.ClH/c1-9(15(2,3)4)5-14(18)17-11-7-13-12(6-10(11)16)19-8-20-13;/h6-7,9H,5,8,16H2,1-4H3,(H,17,18);1H. The molecule has 6 heteroatoms. The number of nitrogen functional groups attached to an aromatic ring is 1. The van der Waals surface area contributed by atoms with Crippen LogP contribution in [0.5, 0.6) is 11.5 Å². The minimum absolute atomic E-state index is 0. The van der Waals surface area contributed by atoms with Crippen molar-refractivity contribution < 1.29 is 14.3 Å². The Morgan fingerprint density at radius 2 is 1.90 bits per heavy atom. The maximum absolute atomic E-state index is 12.1. The molecule has 2 rings (SSSR count). The van der Waals surface area contributed by atoms with Crippen molar-refractivity contribution in [3.05, 3.63) is 12.1 Å². The third kappa shape index (κ3) is 4.17. The summed E-state index contributed by atoms with van der Waals surface area (Å²) >= 11 is 0. The van der Waals surface area contributed by atoms with Crippen LogP contribution in [-0.2, 0) is 4.79 Å². The van der Waals surface area contributed by atoms with Crippen molar-refractivity contribution in [1.29, 1.82) is 0 Å². The van der Waals surface area contributed by atoms with E-state index in [1.165, 1.54) is 0 Å². The van der Waals surface area contributed by atoms with Crippen molar-refractivity contribution in [2.24, 2.45) is 11.3 Å². The van der Waals surface area contributed by atoms with Gasteiger partial charge in [-0.2, -0.15) is 0 Å². The number of benzene rings is 1. The summed E-state index contributed by atoms with van der Waals surface area (Å²) in [7, 11) is 0. The van der Waals surface area contributed by atoms with Crippen molar-refractivity contribution >= 4 is 29.7 Å². The number of carbonyl (C=O) groups is 1. The second-order valence-corrected chi connectivity index (χ2v) is 6.31. The summed E-state index contributed by atoms with van der Waals surface area (Å²) in [6.45, 7) is 8.63. The van der Waals surface area contributed by atoms with Gasteiger partial charge in [0.25, 0.3) is 0 Å². The summed E-state index contributed by atoms with van der Waals surface area (Å²) in [6, 6.07) is 3.38. The Morgan fingerprint density at radius 3 is 2.48 bits per heavy atom. The third-order valence-electron chi connectivity index (χ3n) is 3.79. The van der Waals surface area contributed by atoms with Crippen molar-refractivity contribution in [1.82, 2.24) is 0 Å². The first kappa shape index (κ1) is 17.4. The number of anilines is 2. The van der Waals surface area contributed by atoms with Gasteiger partial charge in [-0.05, 0) is 11.3 Å². The lowest BCUT2D eigenvalue weighted by atomic mass is 9.80. The summed E-state index contributed by atoms with van der Waals surface area (Å²) in [6.07, 6.45) is 0.456. The molecule has 0 aromatic heterocycles. The van der Waals surface area contributed by atoms with Crippen LogP contribution in [0, 0.1) is 11.3 Å². The summed E-state index contributed by atoms with van der Waals surface area (Å²) in [4.78, 5) is 12.1. The predicted molar refractivity (Wildman–Crippen MR) is 86.1 cm³/mol. The van der Waals surface area contributed by atoms with Crippen LogP contribution in [0.15, 0.2) is 12.1 Å². The molecule has 1 atom stereocenters. The van der Waals surface area contributed by atoms with Gasteiger partial charge in [0.15, 0.2) is 11.5 Å². The van der Waals surface area contributed by atoms with Gasteiger partial charge in [0.2, 0.25) is 12.7 Å². The quantitative estimate of drug-likeness (QED) is 0.838. The Bertz CT molecular complexity index is 526. The number of ether oxygens (including phenoxy) is 2. The Kier molecular flexibility index (Phi) is 5.34. The zero-order valence-corrected chi connectivity index (χ0v) is 13.7. The van der Waals surface area contributed by atoms with Gasteiger partial charge >= 0.3 is 0 Å². The lowest BCUT2D eigenvalue weighted by molar-refractivity contribution is -0.117. The van der Waals surface area contributed by atoms with Gasteiger partial charge in [0.1, 0.15) is 0 Å². The van der Waals surface area contributed by atoms with Crippen molar-refractivity contribution in [2.45, 2.75) is 34.1 Å². The molecule has 0 aliphatic carbocycles. The Hall–Kier alpha value is -1.62. The van der Waals surface area contributed by atoms with Crippen LogP contribution in [0.2, 0.25) is 0 Å². The normalized spacial score (nSPS) is 14.3. The molecular weight excluding hydrogens is 292 g/mol. The molecule has 1 aliphatic rings. The van der Waals surface area contributed by atoms with E-state index in [1.54, 1.807) is 12.1 Å². The van der Waals surface area contributed by atoms with Gasteiger partial charge in [0, 0.05) is 18.6 Å². The van der Waals surface area contributed by atoms with E-state index in [0.717, 1.165) is 0 Å². The molecule has 1 aromatic rings. The topological polar surface area (TPSA) is 73.6 Å². The molecule has 0 fully saturated rings. The molecule has 0 radical (unpaired) electrons. The highest BCUT2D eigenvalue weighted by atomic mass is 35.5. The number of amides is 1. The average molecular weight is 315 g/mol. The molecule has 0 bridgehead atoms. The molecule has 1 heterocycles. The summed E-state index contributed by atoms with van der Waals surface area (Å²) in [5.74, 6) is 1.46. The van der Waals surface area contributed by atoms with Gasteiger partial charge in [-0.15, -0.1) is 12.4 Å². The zero-order chi connectivity index (χ0) is 14.9. The molecule has 1 aliphatic heterocycles. The maximum Gasteiger partial charge on any atom is 0.231 e. The fourth-order valence-electron chi connectivity index (χ4n) is 1.85. The molecule has 0 saturated carbocycles. The highest BCUT2D eigenvalue weighted by molar-refractivity contribution is 5.94. The molecule has 118 valence electrons. The largest absolute Gasteiger partial charge is 0.454 e. The van der Waals surface area contributed by atoms with Crippen molar-refractivity contribution in [3.8, 4) is 11.5 Å². The fourth-order valence-corrected chi connectivity index (χ4v) is 1.85. The maximum atomic E-state index is 12.1. The van der Waals surface area contributed by atoms with E-state index in [0.29, 0.717) is 29.3 Å². The van der Waals surface area contributed by atoms with E-state index >= 15 is 0 Å². The fraction of sp³-hybridized carbons (Fsp3) is 0.533. The van der Waals surface area contributed by atoms with Crippen LogP contribution >= 0.6 is 12.4 Å². The Labute approximate surface area is 131 Å². The Balaban J connectivity index is 0.00000220. The minimum atomic E-state index is -0.0435. The number of carbonyl (C=O) groups excluding carboxylic acids is 1. The molecule has 0 spiro atoms. The number of fused-ring (bicyclic) bond motifs is 1. The van der Waals surface area contributed by atoms with Crippen LogP contribution < -0.4 is 20.5 Å². The number of hydrogen-bond acceptors (Lipinski definition) is 4. The van der Waals surface area contributed by atoms with Crippen molar-refractivity contribution in [3.63, 3.8) is 0 Å². The molecule has 1 unspecified atom stereocenters. The first-order chi connectivity index (χ1) is 9.27. The van der Waals surface area contributed by atoms with Crippen LogP contribution in [-0.4, -0.2) is 12.7 Å². The van der Waals surface area contributed by atoms with E-state index < -0.39 is 0 Å². The van der Waals surface area contributed by atoms with Gasteiger partial charge < -0.3 is 20.5 Å². The smallest absolute Gasteiger partial charge is 0.231 e. The van der Waals surface area contributed by atoms with Crippen molar-refractivity contribution in [2.75, 3.05) is 17.8 Å². The second-order valence-electron chi connectivity index (χ2n) is 6.31. The SMILES string of the molecule is CC(CC(=O)Nc1cc2c(cc1N)OCO2)C(C)(C)C.Cl. The molecule has 0 saturated heterocycles. The third-order valence-corrected chi connectivity index (χ3v) is 3.79. The summed E-state index contributed by atoms with van der Waals surface area (Å²) in [5.41, 5.74) is 7.05. The number of nitrogens with two attached hydrogens (primary N) is 1. The second kappa shape index (κ2) is 6.43. The first-order valence-corrected chi connectivity index (χ1v) is 6.76. The Morgan fingerprint density at radius 1 is 1.33 bits per heavy atom.